The Kier molecular flexibility index (Phi) is 5.31. The van der Waals surface area contributed by atoms with Gasteiger partial charge in [0.25, 0.3) is 0 Å². The molecule has 4 heteroatoms. The normalized spacial score (nSPS) is 11.6. The van der Waals surface area contributed by atoms with Crippen molar-refractivity contribution in [1.29, 1.82) is 0 Å². The van der Waals surface area contributed by atoms with Crippen LogP contribution >= 0.6 is 22.6 Å². The van der Waals surface area contributed by atoms with Gasteiger partial charge in [0.2, 0.25) is 0 Å². The Morgan fingerprint density at radius 1 is 1.44 bits per heavy atom. The van der Waals surface area contributed by atoms with Gasteiger partial charge in [-0.25, -0.2) is 4.39 Å². The van der Waals surface area contributed by atoms with Crippen molar-refractivity contribution < 1.29 is 9.18 Å². The quantitative estimate of drug-likeness (QED) is 0.464. The van der Waals surface area contributed by atoms with E-state index in [1.165, 1.54) is 6.07 Å². The Bertz CT molecular complexity index is 495. The molecule has 0 aromatic heterocycles. The molecule has 0 aliphatic rings. The molecule has 0 N–H and O–H groups in total. The van der Waals surface area contributed by atoms with E-state index in [-0.39, 0.29) is 11.3 Å². The van der Waals surface area contributed by atoms with Crippen molar-refractivity contribution in [2.75, 3.05) is 14.1 Å². The highest BCUT2D eigenvalue weighted by molar-refractivity contribution is 14.1. The number of hydrogen-bond acceptors (Lipinski definition) is 2. The summed E-state index contributed by atoms with van der Waals surface area (Å²) in [5.41, 5.74) is 1.60. The number of carbonyl (C=O) groups is 1. The van der Waals surface area contributed by atoms with Crippen molar-refractivity contribution in [1.82, 2.24) is 4.90 Å². The van der Waals surface area contributed by atoms with E-state index in [0.717, 1.165) is 15.6 Å². The van der Waals surface area contributed by atoms with Gasteiger partial charge in [0.05, 0.1) is 5.56 Å². The minimum absolute atomic E-state index is 0.146. The second-order valence-corrected chi connectivity index (χ2v) is 5.54. The van der Waals surface area contributed by atoms with Crippen LogP contribution in [-0.4, -0.2) is 24.8 Å². The van der Waals surface area contributed by atoms with E-state index >= 15 is 0 Å². The summed E-state index contributed by atoms with van der Waals surface area (Å²) in [6, 6.07) is 3.09. The lowest BCUT2D eigenvalue weighted by atomic mass is 10.0. The van der Waals surface area contributed by atoms with Gasteiger partial charge >= 0.3 is 0 Å². The molecule has 0 fully saturated rings. The number of benzene rings is 1. The van der Waals surface area contributed by atoms with E-state index in [1.54, 1.807) is 24.1 Å². The van der Waals surface area contributed by atoms with E-state index in [1.807, 2.05) is 21.0 Å². The second-order valence-electron chi connectivity index (χ2n) is 4.38. The van der Waals surface area contributed by atoms with E-state index in [2.05, 4.69) is 22.6 Å². The van der Waals surface area contributed by atoms with Crippen LogP contribution in [0, 0.1) is 9.39 Å². The number of halogens is 2. The molecule has 0 saturated carbocycles. The lowest BCUT2D eigenvalue weighted by Gasteiger charge is -2.10. The van der Waals surface area contributed by atoms with Gasteiger partial charge in [-0.2, -0.15) is 0 Å². The molecular weight excluding hydrogens is 344 g/mol. The summed E-state index contributed by atoms with van der Waals surface area (Å²) in [5.74, 6) is -0.703. The van der Waals surface area contributed by atoms with Crippen LogP contribution in [0.25, 0.3) is 0 Å². The standard InChI is InChI=1S/C14H17FINO/c1-5-10-6-12(15)11(7-13(10)16)14(18)9(2)8-17(3)4/h6-8H,5H2,1-4H3. The second kappa shape index (κ2) is 6.31. The number of allylic oxidation sites excluding steroid dienone is 1. The molecule has 0 aliphatic heterocycles. The van der Waals surface area contributed by atoms with Crippen LogP contribution in [0.3, 0.4) is 0 Å². The summed E-state index contributed by atoms with van der Waals surface area (Å²) in [6.07, 6.45) is 2.46. The maximum atomic E-state index is 13.9. The first-order valence-corrected chi connectivity index (χ1v) is 6.82. The number of ketones is 1. The topological polar surface area (TPSA) is 20.3 Å². The first-order chi connectivity index (χ1) is 8.36. The molecule has 0 heterocycles. The fraction of sp³-hybridized carbons (Fsp3) is 0.357. The van der Waals surface area contributed by atoms with E-state index in [4.69, 9.17) is 0 Å². The molecule has 1 aromatic carbocycles. The molecule has 0 saturated heterocycles. The van der Waals surface area contributed by atoms with Crippen LogP contribution in [0.15, 0.2) is 23.9 Å². The van der Waals surface area contributed by atoms with Crippen LogP contribution < -0.4 is 0 Å². The van der Waals surface area contributed by atoms with Crippen LogP contribution in [0.1, 0.15) is 29.8 Å². The molecule has 18 heavy (non-hydrogen) atoms. The largest absolute Gasteiger partial charge is 0.383 e. The third kappa shape index (κ3) is 3.54. The van der Waals surface area contributed by atoms with E-state index in [0.29, 0.717) is 5.57 Å². The number of Topliss-reactive ketones (excluding diaryl/α,β-unsaturated/α-hetero) is 1. The Morgan fingerprint density at radius 3 is 2.56 bits per heavy atom. The molecule has 2 nitrogen and oxygen atoms in total. The van der Waals surface area contributed by atoms with Gasteiger partial charge in [-0.1, -0.05) is 6.92 Å². The smallest absolute Gasteiger partial charge is 0.193 e. The summed E-state index contributed by atoms with van der Waals surface area (Å²) in [4.78, 5) is 13.9. The summed E-state index contributed by atoms with van der Waals surface area (Å²) < 4.78 is 14.8. The number of nitrogens with zero attached hydrogens (tertiary/aromatic N) is 1. The van der Waals surface area contributed by atoms with Gasteiger partial charge < -0.3 is 4.90 Å². The van der Waals surface area contributed by atoms with Crippen molar-refractivity contribution in [3.63, 3.8) is 0 Å². The molecule has 0 atom stereocenters. The Balaban J connectivity index is 3.19. The summed E-state index contributed by atoms with van der Waals surface area (Å²) in [6.45, 7) is 3.66. The number of rotatable bonds is 4. The van der Waals surface area contributed by atoms with Crippen LogP contribution in [0.2, 0.25) is 0 Å². The van der Waals surface area contributed by atoms with Crippen molar-refractivity contribution in [3.8, 4) is 0 Å². The highest BCUT2D eigenvalue weighted by Gasteiger charge is 2.16. The Labute approximate surface area is 121 Å². The van der Waals surface area contributed by atoms with E-state index in [9.17, 15) is 9.18 Å². The van der Waals surface area contributed by atoms with Gasteiger partial charge in [0.1, 0.15) is 5.82 Å². The zero-order valence-corrected chi connectivity index (χ0v) is 13.2. The van der Waals surface area contributed by atoms with E-state index < -0.39 is 5.82 Å². The average molecular weight is 361 g/mol. The fourth-order valence-corrected chi connectivity index (χ4v) is 2.54. The highest BCUT2D eigenvalue weighted by Crippen LogP contribution is 2.21. The number of hydrogen-bond donors (Lipinski definition) is 0. The number of carbonyl (C=O) groups excluding carboxylic acids is 1. The highest BCUT2D eigenvalue weighted by atomic mass is 127. The van der Waals surface area contributed by atoms with Gasteiger partial charge in [-0.3, -0.25) is 4.79 Å². The van der Waals surface area contributed by atoms with Crippen LogP contribution in [0.5, 0.6) is 0 Å². The van der Waals surface area contributed by atoms with Gasteiger partial charge in [-0.05, 0) is 53.6 Å². The third-order valence-electron chi connectivity index (χ3n) is 2.57. The first kappa shape index (κ1) is 15.1. The molecular formula is C14H17FINO. The summed E-state index contributed by atoms with van der Waals surface area (Å²) >= 11 is 2.14. The Morgan fingerprint density at radius 2 is 2.06 bits per heavy atom. The third-order valence-corrected chi connectivity index (χ3v) is 3.58. The van der Waals surface area contributed by atoms with Gasteiger partial charge in [-0.15, -0.1) is 0 Å². The molecule has 0 amide bonds. The predicted octanol–water partition coefficient (Wildman–Crippen LogP) is 3.64. The molecule has 0 bridgehead atoms. The molecule has 1 rings (SSSR count). The Hall–Kier alpha value is -0.910. The monoisotopic (exact) mass is 361 g/mol. The molecule has 1 aromatic rings. The van der Waals surface area contributed by atoms with Gasteiger partial charge in [0, 0.05) is 29.4 Å². The molecule has 98 valence electrons. The van der Waals surface area contributed by atoms with Crippen molar-refractivity contribution in [2.24, 2.45) is 0 Å². The zero-order chi connectivity index (χ0) is 13.9. The number of aryl methyl sites for hydroxylation is 1. The van der Waals surface area contributed by atoms with Crippen LogP contribution in [-0.2, 0) is 6.42 Å². The minimum atomic E-state index is -0.441. The van der Waals surface area contributed by atoms with Crippen LogP contribution in [0.4, 0.5) is 4.39 Å². The zero-order valence-electron chi connectivity index (χ0n) is 11.1. The lowest BCUT2D eigenvalue weighted by molar-refractivity contribution is 0.102. The predicted molar refractivity (Wildman–Crippen MR) is 80.3 cm³/mol. The SMILES string of the molecule is CCc1cc(F)c(C(=O)C(C)=CN(C)C)cc1I. The fourth-order valence-electron chi connectivity index (χ4n) is 1.69. The van der Waals surface area contributed by atoms with Crippen molar-refractivity contribution >= 4 is 28.4 Å². The summed E-state index contributed by atoms with van der Waals surface area (Å²) in [5, 5.41) is 0. The molecule has 0 aliphatic carbocycles. The average Bonchev–Trinajstić information content (AvgIpc) is 2.29. The van der Waals surface area contributed by atoms with Crippen molar-refractivity contribution in [3.05, 3.63) is 44.4 Å². The lowest BCUT2D eigenvalue weighted by Crippen LogP contribution is -2.10. The first-order valence-electron chi connectivity index (χ1n) is 5.74. The van der Waals surface area contributed by atoms with Gasteiger partial charge in [0.15, 0.2) is 5.78 Å². The van der Waals surface area contributed by atoms with Crippen molar-refractivity contribution in [2.45, 2.75) is 20.3 Å². The maximum Gasteiger partial charge on any atom is 0.193 e. The minimum Gasteiger partial charge on any atom is -0.383 e. The molecule has 0 unspecified atom stereocenters. The maximum absolute atomic E-state index is 13.9. The molecule has 0 spiro atoms. The summed E-state index contributed by atoms with van der Waals surface area (Å²) in [7, 11) is 3.66. The molecule has 0 radical (unpaired) electrons.